The molecule has 0 unspecified atom stereocenters. The van der Waals surface area contributed by atoms with Gasteiger partial charge in [-0.05, 0) is 24.5 Å². The fourth-order valence-electron chi connectivity index (χ4n) is 1.52. The molecule has 0 saturated heterocycles. The van der Waals surface area contributed by atoms with Gasteiger partial charge in [0.1, 0.15) is 0 Å². The molecule has 16 heavy (non-hydrogen) atoms. The second-order valence-electron chi connectivity index (χ2n) is 3.57. The van der Waals surface area contributed by atoms with Crippen molar-refractivity contribution in [2.45, 2.75) is 19.3 Å². The molecule has 2 N–H and O–H groups in total. The minimum absolute atomic E-state index is 0.218. The zero-order valence-corrected chi connectivity index (χ0v) is 9.28. The number of aryl methyl sites for hydroxylation is 1. The summed E-state index contributed by atoms with van der Waals surface area (Å²) in [7, 11) is 0. The highest BCUT2D eigenvalue weighted by molar-refractivity contribution is 5.66. The number of carboxylic acid groups (broad SMARTS) is 1. The highest BCUT2D eigenvalue weighted by atomic mass is 16.4. The molecule has 86 valence electrons. The Morgan fingerprint density at radius 2 is 2.19 bits per heavy atom. The Hall–Kier alpha value is -1.77. The summed E-state index contributed by atoms with van der Waals surface area (Å²) in [5.74, 6) is -0.739. The van der Waals surface area contributed by atoms with Gasteiger partial charge in [-0.1, -0.05) is 24.3 Å². The largest absolute Gasteiger partial charge is 0.481 e. The lowest BCUT2D eigenvalue weighted by molar-refractivity contribution is -0.137. The summed E-state index contributed by atoms with van der Waals surface area (Å²) in [5.41, 5.74) is 2.22. The van der Waals surface area contributed by atoms with Crippen LogP contribution in [0.5, 0.6) is 0 Å². The molecule has 0 radical (unpaired) electrons. The van der Waals surface area contributed by atoms with Gasteiger partial charge in [0.05, 0.1) is 0 Å². The maximum absolute atomic E-state index is 10.4. The van der Waals surface area contributed by atoms with Gasteiger partial charge in [0.2, 0.25) is 0 Å². The number of anilines is 1. The van der Waals surface area contributed by atoms with Crippen molar-refractivity contribution >= 4 is 11.7 Å². The number of benzene rings is 1. The zero-order valence-electron chi connectivity index (χ0n) is 9.28. The van der Waals surface area contributed by atoms with Gasteiger partial charge >= 0.3 is 5.97 Å². The molecule has 0 atom stereocenters. The average molecular weight is 219 g/mol. The fourth-order valence-corrected chi connectivity index (χ4v) is 1.52. The number of rotatable bonds is 7. The summed E-state index contributed by atoms with van der Waals surface area (Å²) in [6.07, 6.45) is 3.47. The molecular formula is C13H17NO2. The molecule has 0 fully saturated rings. The maximum atomic E-state index is 10.4. The number of hydrogen-bond donors (Lipinski definition) is 2. The van der Waals surface area contributed by atoms with Crippen LogP contribution >= 0.6 is 0 Å². The zero-order chi connectivity index (χ0) is 11.8. The van der Waals surface area contributed by atoms with E-state index in [0.29, 0.717) is 6.42 Å². The van der Waals surface area contributed by atoms with E-state index in [1.54, 1.807) is 6.08 Å². The van der Waals surface area contributed by atoms with Gasteiger partial charge in [-0.15, -0.1) is 6.58 Å². The Bertz CT molecular complexity index is 361. The van der Waals surface area contributed by atoms with E-state index in [2.05, 4.69) is 11.9 Å². The highest BCUT2D eigenvalue weighted by Gasteiger charge is 2.02. The van der Waals surface area contributed by atoms with Gasteiger partial charge in [0.15, 0.2) is 0 Å². The van der Waals surface area contributed by atoms with Crippen molar-refractivity contribution in [1.29, 1.82) is 0 Å². The topological polar surface area (TPSA) is 49.3 Å². The molecule has 1 aromatic carbocycles. The van der Waals surface area contributed by atoms with Crippen LogP contribution in [0.1, 0.15) is 18.4 Å². The second kappa shape index (κ2) is 6.67. The van der Waals surface area contributed by atoms with Crippen LogP contribution in [0, 0.1) is 0 Å². The summed E-state index contributed by atoms with van der Waals surface area (Å²) in [4.78, 5) is 10.4. The normalized spacial score (nSPS) is 9.75. The minimum Gasteiger partial charge on any atom is -0.481 e. The third-order valence-corrected chi connectivity index (χ3v) is 2.29. The molecule has 3 heteroatoms. The highest BCUT2D eigenvalue weighted by Crippen LogP contribution is 2.17. The number of nitrogens with one attached hydrogen (secondary N) is 1. The molecule has 0 heterocycles. The van der Waals surface area contributed by atoms with Crippen molar-refractivity contribution in [2.75, 3.05) is 11.9 Å². The molecule has 3 nitrogen and oxygen atoms in total. The molecule has 0 amide bonds. The SMILES string of the molecule is C=CCNc1ccccc1CCCC(=O)O. The van der Waals surface area contributed by atoms with Crippen molar-refractivity contribution in [3.8, 4) is 0 Å². The summed E-state index contributed by atoms with van der Waals surface area (Å²) >= 11 is 0. The molecular weight excluding hydrogens is 202 g/mol. The van der Waals surface area contributed by atoms with Gasteiger partial charge < -0.3 is 10.4 Å². The first-order valence-electron chi connectivity index (χ1n) is 5.38. The molecule has 0 aliphatic heterocycles. The molecule has 0 aliphatic carbocycles. The second-order valence-corrected chi connectivity index (χ2v) is 3.57. The predicted octanol–water partition coefficient (Wildman–Crippen LogP) is 2.69. The number of para-hydroxylation sites is 1. The van der Waals surface area contributed by atoms with Crippen LogP contribution in [0.4, 0.5) is 5.69 Å². The van der Waals surface area contributed by atoms with Crippen LogP contribution in [0.15, 0.2) is 36.9 Å². The van der Waals surface area contributed by atoms with E-state index in [0.717, 1.165) is 24.2 Å². The van der Waals surface area contributed by atoms with E-state index in [-0.39, 0.29) is 6.42 Å². The Labute approximate surface area is 95.8 Å². The van der Waals surface area contributed by atoms with Crippen LogP contribution in [0.25, 0.3) is 0 Å². The predicted molar refractivity (Wildman–Crippen MR) is 65.7 cm³/mol. The van der Waals surface area contributed by atoms with Gasteiger partial charge in [-0.25, -0.2) is 0 Å². The van der Waals surface area contributed by atoms with E-state index in [9.17, 15) is 4.79 Å². The molecule has 0 aromatic heterocycles. The van der Waals surface area contributed by atoms with Crippen molar-refractivity contribution < 1.29 is 9.90 Å². The van der Waals surface area contributed by atoms with Crippen molar-refractivity contribution in [3.05, 3.63) is 42.5 Å². The number of aliphatic carboxylic acids is 1. The minimum atomic E-state index is -0.739. The van der Waals surface area contributed by atoms with Gasteiger partial charge in [0, 0.05) is 18.7 Å². The van der Waals surface area contributed by atoms with E-state index in [1.165, 1.54) is 0 Å². The van der Waals surface area contributed by atoms with Gasteiger partial charge in [-0.2, -0.15) is 0 Å². The fraction of sp³-hybridized carbons (Fsp3) is 0.308. The average Bonchev–Trinajstić information content (AvgIpc) is 2.27. The summed E-state index contributed by atoms with van der Waals surface area (Å²) in [6, 6.07) is 7.95. The Morgan fingerprint density at radius 3 is 2.88 bits per heavy atom. The monoisotopic (exact) mass is 219 g/mol. The van der Waals surface area contributed by atoms with Crippen molar-refractivity contribution in [1.82, 2.24) is 0 Å². The smallest absolute Gasteiger partial charge is 0.303 e. The van der Waals surface area contributed by atoms with Crippen molar-refractivity contribution in [2.24, 2.45) is 0 Å². The third kappa shape index (κ3) is 4.17. The van der Waals surface area contributed by atoms with Gasteiger partial charge in [-0.3, -0.25) is 4.79 Å². The van der Waals surface area contributed by atoms with Crippen LogP contribution < -0.4 is 5.32 Å². The molecule has 0 saturated carbocycles. The molecule has 1 rings (SSSR count). The number of carboxylic acids is 1. The quantitative estimate of drug-likeness (QED) is 0.693. The lowest BCUT2D eigenvalue weighted by Gasteiger charge is -2.09. The van der Waals surface area contributed by atoms with E-state index < -0.39 is 5.97 Å². The van der Waals surface area contributed by atoms with Crippen molar-refractivity contribution in [3.63, 3.8) is 0 Å². The summed E-state index contributed by atoms with van der Waals surface area (Å²) in [6.45, 7) is 4.37. The summed E-state index contributed by atoms with van der Waals surface area (Å²) in [5, 5.41) is 11.8. The molecule has 0 spiro atoms. The first-order valence-corrected chi connectivity index (χ1v) is 5.38. The number of carbonyl (C=O) groups is 1. The van der Waals surface area contributed by atoms with Crippen LogP contribution in [-0.2, 0) is 11.2 Å². The van der Waals surface area contributed by atoms with Crippen LogP contribution in [-0.4, -0.2) is 17.6 Å². The Kier molecular flexibility index (Phi) is 5.12. The van der Waals surface area contributed by atoms with Crippen LogP contribution in [0.3, 0.4) is 0 Å². The molecule has 1 aromatic rings. The number of hydrogen-bond acceptors (Lipinski definition) is 2. The molecule has 0 aliphatic rings. The third-order valence-electron chi connectivity index (χ3n) is 2.29. The van der Waals surface area contributed by atoms with E-state index in [1.807, 2.05) is 24.3 Å². The van der Waals surface area contributed by atoms with Gasteiger partial charge in [0.25, 0.3) is 0 Å². The van der Waals surface area contributed by atoms with E-state index >= 15 is 0 Å². The maximum Gasteiger partial charge on any atom is 0.303 e. The molecule has 0 bridgehead atoms. The lowest BCUT2D eigenvalue weighted by atomic mass is 10.1. The van der Waals surface area contributed by atoms with Crippen LogP contribution in [0.2, 0.25) is 0 Å². The first-order chi connectivity index (χ1) is 7.74. The van der Waals surface area contributed by atoms with E-state index in [4.69, 9.17) is 5.11 Å². The lowest BCUT2D eigenvalue weighted by Crippen LogP contribution is -2.02. The summed E-state index contributed by atoms with van der Waals surface area (Å²) < 4.78 is 0. The first kappa shape index (κ1) is 12.3. The Morgan fingerprint density at radius 1 is 1.44 bits per heavy atom. The standard InChI is InChI=1S/C13H17NO2/c1-2-10-14-12-8-4-3-6-11(12)7-5-9-13(15)16/h2-4,6,8,14H,1,5,7,9-10H2,(H,15,16). The Balaban J connectivity index is 2.56.